The van der Waals surface area contributed by atoms with E-state index in [9.17, 15) is 0 Å². The van der Waals surface area contributed by atoms with Gasteiger partial charge in [-0.1, -0.05) is 23.7 Å². The number of benzene rings is 1. The van der Waals surface area contributed by atoms with Gasteiger partial charge in [0.2, 0.25) is 0 Å². The van der Waals surface area contributed by atoms with Crippen molar-refractivity contribution in [2.75, 3.05) is 19.6 Å². The molecule has 2 nitrogen and oxygen atoms in total. The van der Waals surface area contributed by atoms with Crippen LogP contribution in [0.1, 0.15) is 18.4 Å². The van der Waals surface area contributed by atoms with Gasteiger partial charge in [0, 0.05) is 11.1 Å². The summed E-state index contributed by atoms with van der Waals surface area (Å²) in [6.45, 7) is 3.36. The Labute approximate surface area is 102 Å². The smallest absolute Gasteiger partial charge is 0.0406 e. The Morgan fingerprint density at radius 3 is 2.56 bits per heavy atom. The van der Waals surface area contributed by atoms with E-state index in [2.05, 4.69) is 22.8 Å². The fourth-order valence-electron chi connectivity index (χ4n) is 2.10. The maximum atomic E-state index is 5.84. The molecule has 0 atom stereocenters. The zero-order valence-corrected chi connectivity index (χ0v) is 10.3. The van der Waals surface area contributed by atoms with E-state index in [-0.39, 0.29) is 0 Å². The van der Waals surface area contributed by atoms with Crippen LogP contribution >= 0.6 is 11.6 Å². The van der Waals surface area contributed by atoms with Gasteiger partial charge >= 0.3 is 0 Å². The molecular weight excluding hydrogens is 220 g/mol. The van der Waals surface area contributed by atoms with Crippen LogP contribution in [-0.2, 0) is 6.42 Å². The van der Waals surface area contributed by atoms with E-state index in [0.29, 0.717) is 6.04 Å². The van der Waals surface area contributed by atoms with E-state index >= 15 is 0 Å². The molecule has 1 aliphatic rings. The molecule has 1 heterocycles. The molecular formula is C13H19ClN2. The highest BCUT2D eigenvalue weighted by Crippen LogP contribution is 2.10. The van der Waals surface area contributed by atoms with Crippen molar-refractivity contribution in [3.8, 4) is 0 Å². The largest absolute Gasteiger partial charge is 0.317 e. The van der Waals surface area contributed by atoms with Crippen LogP contribution in [0.15, 0.2) is 24.3 Å². The van der Waals surface area contributed by atoms with Crippen molar-refractivity contribution in [1.29, 1.82) is 0 Å². The Bertz CT molecular complexity index is 304. The molecule has 1 aromatic rings. The summed E-state index contributed by atoms with van der Waals surface area (Å²) in [5.74, 6) is 0. The molecule has 0 amide bonds. The number of halogens is 1. The maximum absolute atomic E-state index is 5.84. The van der Waals surface area contributed by atoms with Crippen molar-refractivity contribution < 1.29 is 0 Å². The molecule has 3 heteroatoms. The standard InChI is InChI=1S/C13H19ClN2/c14-12-3-1-11(2-4-12)5-10-16-13-6-8-15-9-7-13/h1-4,13,15-16H,5-10H2. The molecule has 0 aromatic heterocycles. The van der Waals surface area contributed by atoms with Crippen LogP contribution in [0.2, 0.25) is 5.02 Å². The van der Waals surface area contributed by atoms with Crippen LogP contribution in [0.25, 0.3) is 0 Å². The van der Waals surface area contributed by atoms with Crippen LogP contribution in [0.4, 0.5) is 0 Å². The Kier molecular flexibility index (Phi) is 4.64. The van der Waals surface area contributed by atoms with Gasteiger partial charge in [-0.25, -0.2) is 0 Å². The van der Waals surface area contributed by atoms with Crippen molar-refractivity contribution in [3.63, 3.8) is 0 Å². The summed E-state index contributed by atoms with van der Waals surface area (Å²) in [4.78, 5) is 0. The van der Waals surface area contributed by atoms with Crippen LogP contribution < -0.4 is 10.6 Å². The highest BCUT2D eigenvalue weighted by molar-refractivity contribution is 6.30. The molecule has 0 spiro atoms. The fourth-order valence-corrected chi connectivity index (χ4v) is 2.22. The predicted octanol–water partition coefficient (Wildman–Crippen LogP) is 2.22. The number of piperidine rings is 1. The molecule has 16 heavy (non-hydrogen) atoms. The van der Waals surface area contributed by atoms with Gasteiger partial charge in [0.15, 0.2) is 0 Å². The summed E-state index contributed by atoms with van der Waals surface area (Å²) < 4.78 is 0. The fraction of sp³-hybridized carbons (Fsp3) is 0.538. The summed E-state index contributed by atoms with van der Waals surface area (Å²) in [5, 5.41) is 7.80. The third kappa shape index (κ3) is 3.78. The number of rotatable bonds is 4. The van der Waals surface area contributed by atoms with E-state index in [1.165, 1.54) is 18.4 Å². The molecule has 0 radical (unpaired) electrons. The highest BCUT2D eigenvalue weighted by atomic mass is 35.5. The number of hydrogen-bond donors (Lipinski definition) is 2. The lowest BCUT2D eigenvalue weighted by atomic mass is 10.1. The first-order valence-electron chi connectivity index (χ1n) is 6.03. The first-order chi connectivity index (χ1) is 7.84. The summed E-state index contributed by atoms with van der Waals surface area (Å²) in [5.41, 5.74) is 1.35. The first kappa shape index (κ1) is 11.9. The SMILES string of the molecule is Clc1ccc(CCNC2CCNCC2)cc1. The second-order valence-corrected chi connectivity index (χ2v) is 4.79. The lowest BCUT2D eigenvalue weighted by molar-refractivity contribution is 0.389. The van der Waals surface area contributed by atoms with Gasteiger partial charge in [-0.15, -0.1) is 0 Å². The van der Waals surface area contributed by atoms with Crippen LogP contribution in [0, 0.1) is 0 Å². The van der Waals surface area contributed by atoms with E-state index in [4.69, 9.17) is 11.6 Å². The second-order valence-electron chi connectivity index (χ2n) is 4.35. The normalized spacial score (nSPS) is 17.6. The summed E-state index contributed by atoms with van der Waals surface area (Å²) in [7, 11) is 0. The minimum Gasteiger partial charge on any atom is -0.317 e. The molecule has 2 N–H and O–H groups in total. The Hall–Kier alpha value is -0.570. The molecule has 1 aliphatic heterocycles. The Morgan fingerprint density at radius 1 is 1.19 bits per heavy atom. The zero-order chi connectivity index (χ0) is 11.2. The van der Waals surface area contributed by atoms with Crippen molar-refractivity contribution in [2.24, 2.45) is 0 Å². The minimum atomic E-state index is 0.702. The van der Waals surface area contributed by atoms with Crippen molar-refractivity contribution in [2.45, 2.75) is 25.3 Å². The Morgan fingerprint density at radius 2 is 1.88 bits per heavy atom. The molecule has 2 rings (SSSR count). The van der Waals surface area contributed by atoms with Crippen molar-refractivity contribution >= 4 is 11.6 Å². The van der Waals surface area contributed by atoms with Crippen molar-refractivity contribution in [3.05, 3.63) is 34.9 Å². The molecule has 0 bridgehead atoms. The third-order valence-electron chi connectivity index (χ3n) is 3.10. The Balaban J connectivity index is 1.69. The average molecular weight is 239 g/mol. The molecule has 1 aromatic carbocycles. The van der Waals surface area contributed by atoms with Gasteiger partial charge in [0.05, 0.1) is 0 Å². The van der Waals surface area contributed by atoms with E-state index in [1.807, 2.05) is 12.1 Å². The lowest BCUT2D eigenvalue weighted by Crippen LogP contribution is -2.40. The molecule has 1 fully saturated rings. The topological polar surface area (TPSA) is 24.1 Å². The summed E-state index contributed by atoms with van der Waals surface area (Å²) >= 11 is 5.84. The van der Waals surface area contributed by atoms with Crippen molar-refractivity contribution in [1.82, 2.24) is 10.6 Å². The number of nitrogens with one attached hydrogen (secondary N) is 2. The summed E-state index contributed by atoms with van der Waals surface area (Å²) in [6.07, 6.45) is 3.59. The highest BCUT2D eigenvalue weighted by Gasteiger charge is 2.11. The molecule has 0 saturated carbocycles. The number of hydrogen-bond acceptors (Lipinski definition) is 2. The average Bonchev–Trinajstić information content (AvgIpc) is 2.33. The van der Waals surface area contributed by atoms with E-state index in [0.717, 1.165) is 31.1 Å². The zero-order valence-electron chi connectivity index (χ0n) is 9.51. The molecule has 0 aliphatic carbocycles. The second kappa shape index (κ2) is 6.24. The van der Waals surface area contributed by atoms with Gasteiger partial charge < -0.3 is 10.6 Å². The monoisotopic (exact) mass is 238 g/mol. The van der Waals surface area contributed by atoms with Gasteiger partial charge in [-0.2, -0.15) is 0 Å². The molecule has 0 unspecified atom stereocenters. The minimum absolute atomic E-state index is 0.702. The van der Waals surface area contributed by atoms with Gasteiger partial charge in [0.25, 0.3) is 0 Å². The first-order valence-corrected chi connectivity index (χ1v) is 6.41. The van der Waals surface area contributed by atoms with Gasteiger partial charge in [-0.3, -0.25) is 0 Å². The van der Waals surface area contributed by atoms with Crippen LogP contribution in [0.3, 0.4) is 0 Å². The summed E-state index contributed by atoms with van der Waals surface area (Å²) in [6, 6.07) is 8.83. The quantitative estimate of drug-likeness (QED) is 0.841. The lowest BCUT2D eigenvalue weighted by Gasteiger charge is -2.23. The van der Waals surface area contributed by atoms with E-state index in [1.54, 1.807) is 0 Å². The predicted molar refractivity (Wildman–Crippen MR) is 69.1 cm³/mol. The van der Waals surface area contributed by atoms with E-state index < -0.39 is 0 Å². The molecule has 1 saturated heterocycles. The van der Waals surface area contributed by atoms with Gasteiger partial charge in [0.1, 0.15) is 0 Å². The molecule has 88 valence electrons. The van der Waals surface area contributed by atoms with Crippen LogP contribution in [0.5, 0.6) is 0 Å². The maximum Gasteiger partial charge on any atom is 0.0406 e. The van der Waals surface area contributed by atoms with Gasteiger partial charge in [-0.05, 0) is 56.6 Å². The third-order valence-corrected chi connectivity index (χ3v) is 3.35. The van der Waals surface area contributed by atoms with Crippen LogP contribution in [-0.4, -0.2) is 25.7 Å².